The normalized spacial score (nSPS) is 17.2. The monoisotopic (exact) mass is 263 g/mol. The van der Waals surface area contributed by atoms with Gasteiger partial charge in [-0.3, -0.25) is 0 Å². The molecule has 0 unspecified atom stereocenters. The van der Waals surface area contributed by atoms with Crippen LogP contribution >= 0.6 is 11.3 Å². The molecule has 4 nitrogen and oxygen atoms in total. The summed E-state index contributed by atoms with van der Waals surface area (Å²) < 4.78 is 6.56. The first-order valence-corrected chi connectivity index (χ1v) is 7.02. The molecular formula is C13H17N3OS. The summed E-state index contributed by atoms with van der Waals surface area (Å²) >= 11 is 1.71. The molecule has 0 bridgehead atoms. The van der Waals surface area contributed by atoms with E-state index in [0.29, 0.717) is 6.04 Å². The molecule has 3 rings (SSSR count). The van der Waals surface area contributed by atoms with E-state index in [-0.39, 0.29) is 0 Å². The minimum atomic E-state index is 0.539. The molecule has 1 fully saturated rings. The number of rotatable bonds is 2. The second kappa shape index (κ2) is 4.74. The molecule has 96 valence electrons. The molecule has 2 N–H and O–H groups in total. The lowest BCUT2D eigenvalue weighted by Gasteiger charge is -2.30. The zero-order chi connectivity index (χ0) is 12.5. The lowest BCUT2D eigenvalue weighted by Crippen LogP contribution is -2.36. The van der Waals surface area contributed by atoms with Crippen LogP contribution in [0.15, 0.2) is 18.2 Å². The average molecular weight is 263 g/mol. The number of nitrogen functional groups attached to an aromatic ring is 1. The number of benzene rings is 1. The van der Waals surface area contributed by atoms with Crippen molar-refractivity contribution in [1.29, 1.82) is 0 Å². The summed E-state index contributed by atoms with van der Waals surface area (Å²) in [6.07, 6.45) is 2.16. The predicted molar refractivity (Wildman–Crippen MR) is 76.3 cm³/mol. The molecule has 0 spiro atoms. The number of hydrogen-bond acceptors (Lipinski definition) is 5. The van der Waals surface area contributed by atoms with E-state index in [4.69, 9.17) is 10.5 Å². The standard InChI is InChI=1S/C13H17N3OS/c1-16(10-4-6-17-7-5-10)13-15-11-3-2-9(14)8-12(11)18-13/h2-3,8,10H,4-7,14H2,1H3. The van der Waals surface area contributed by atoms with Crippen molar-refractivity contribution >= 4 is 32.4 Å². The third-order valence-electron chi connectivity index (χ3n) is 3.44. The van der Waals surface area contributed by atoms with Crippen LogP contribution in [0.3, 0.4) is 0 Å². The van der Waals surface area contributed by atoms with Crippen molar-refractivity contribution in [1.82, 2.24) is 4.98 Å². The van der Waals surface area contributed by atoms with Gasteiger partial charge in [0.1, 0.15) is 0 Å². The van der Waals surface area contributed by atoms with Crippen LogP contribution in [0.1, 0.15) is 12.8 Å². The molecule has 0 atom stereocenters. The Labute approximate surface area is 110 Å². The maximum atomic E-state index is 5.80. The summed E-state index contributed by atoms with van der Waals surface area (Å²) in [6, 6.07) is 6.42. The van der Waals surface area contributed by atoms with Crippen molar-refractivity contribution in [3.63, 3.8) is 0 Å². The highest BCUT2D eigenvalue weighted by molar-refractivity contribution is 7.22. The molecule has 1 aromatic heterocycles. The van der Waals surface area contributed by atoms with E-state index in [1.165, 1.54) is 0 Å². The number of aromatic nitrogens is 1. The van der Waals surface area contributed by atoms with Crippen LogP contribution in [0, 0.1) is 0 Å². The largest absolute Gasteiger partial charge is 0.399 e. The maximum absolute atomic E-state index is 5.80. The zero-order valence-electron chi connectivity index (χ0n) is 10.4. The van der Waals surface area contributed by atoms with Crippen LogP contribution in [0.2, 0.25) is 0 Å². The van der Waals surface area contributed by atoms with Gasteiger partial charge in [-0.25, -0.2) is 4.98 Å². The smallest absolute Gasteiger partial charge is 0.186 e. The highest BCUT2D eigenvalue weighted by Gasteiger charge is 2.21. The van der Waals surface area contributed by atoms with Gasteiger partial charge in [0.05, 0.1) is 10.2 Å². The third kappa shape index (κ3) is 2.15. The van der Waals surface area contributed by atoms with E-state index >= 15 is 0 Å². The molecule has 1 aliphatic rings. The third-order valence-corrected chi connectivity index (χ3v) is 4.55. The number of thiazole rings is 1. The Morgan fingerprint density at radius 1 is 1.39 bits per heavy atom. The zero-order valence-corrected chi connectivity index (χ0v) is 11.2. The van der Waals surface area contributed by atoms with Gasteiger partial charge in [0.2, 0.25) is 0 Å². The number of fused-ring (bicyclic) bond motifs is 1. The van der Waals surface area contributed by atoms with E-state index in [0.717, 1.165) is 47.1 Å². The fourth-order valence-corrected chi connectivity index (χ4v) is 3.36. The van der Waals surface area contributed by atoms with Gasteiger partial charge >= 0.3 is 0 Å². The Morgan fingerprint density at radius 3 is 2.94 bits per heavy atom. The number of anilines is 2. The number of hydrogen-bond donors (Lipinski definition) is 1. The summed E-state index contributed by atoms with van der Waals surface area (Å²) in [6.45, 7) is 1.71. The van der Waals surface area contributed by atoms with Crippen LogP contribution < -0.4 is 10.6 Å². The molecule has 18 heavy (non-hydrogen) atoms. The number of nitrogens with two attached hydrogens (primary N) is 1. The van der Waals surface area contributed by atoms with Gasteiger partial charge in [-0.2, -0.15) is 0 Å². The maximum Gasteiger partial charge on any atom is 0.186 e. The highest BCUT2D eigenvalue weighted by Crippen LogP contribution is 2.31. The van der Waals surface area contributed by atoms with Crippen LogP contribution in [-0.2, 0) is 4.74 Å². The predicted octanol–water partition coefficient (Wildman–Crippen LogP) is 2.49. The fraction of sp³-hybridized carbons (Fsp3) is 0.462. The van der Waals surface area contributed by atoms with Crippen LogP contribution in [0.5, 0.6) is 0 Å². The lowest BCUT2D eigenvalue weighted by atomic mass is 10.1. The summed E-state index contributed by atoms with van der Waals surface area (Å²) in [5, 5.41) is 1.07. The summed E-state index contributed by atoms with van der Waals surface area (Å²) in [4.78, 5) is 6.96. The van der Waals surface area contributed by atoms with E-state index < -0.39 is 0 Å². The van der Waals surface area contributed by atoms with Crippen molar-refractivity contribution in [2.45, 2.75) is 18.9 Å². The highest BCUT2D eigenvalue weighted by atomic mass is 32.1. The van der Waals surface area contributed by atoms with Crippen LogP contribution in [0.25, 0.3) is 10.2 Å². The minimum Gasteiger partial charge on any atom is -0.399 e. The first-order chi connectivity index (χ1) is 8.74. The van der Waals surface area contributed by atoms with Crippen molar-refractivity contribution in [2.75, 3.05) is 30.9 Å². The molecule has 1 aliphatic heterocycles. The average Bonchev–Trinajstić information content (AvgIpc) is 2.81. The van der Waals surface area contributed by atoms with Crippen molar-refractivity contribution in [3.8, 4) is 0 Å². The fourth-order valence-electron chi connectivity index (χ4n) is 2.31. The quantitative estimate of drug-likeness (QED) is 0.846. The van der Waals surface area contributed by atoms with Gasteiger partial charge in [-0.1, -0.05) is 11.3 Å². The summed E-state index contributed by atoms with van der Waals surface area (Å²) in [5.41, 5.74) is 7.63. The first-order valence-electron chi connectivity index (χ1n) is 6.21. The van der Waals surface area contributed by atoms with Crippen molar-refractivity contribution in [3.05, 3.63) is 18.2 Å². The molecule has 1 aromatic carbocycles. The molecule has 1 saturated heterocycles. The Hall–Kier alpha value is -1.33. The lowest BCUT2D eigenvalue weighted by molar-refractivity contribution is 0.0855. The Morgan fingerprint density at radius 2 is 2.17 bits per heavy atom. The van der Waals surface area contributed by atoms with Gasteiger partial charge in [0.25, 0.3) is 0 Å². The minimum absolute atomic E-state index is 0.539. The molecule has 0 amide bonds. The summed E-state index contributed by atoms with van der Waals surface area (Å²) in [5.74, 6) is 0. The van der Waals surface area contributed by atoms with Crippen LogP contribution in [-0.4, -0.2) is 31.3 Å². The van der Waals surface area contributed by atoms with E-state index in [1.807, 2.05) is 18.2 Å². The first kappa shape index (κ1) is 11.7. The number of nitrogens with zero attached hydrogens (tertiary/aromatic N) is 2. The van der Waals surface area contributed by atoms with Gasteiger partial charge < -0.3 is 15.4 Å². The second-order valence-electron chi connectivity index (χ2n) is 4.68. The van der Waals surface area contributed by atoms with Crippen molar-refractivity contribution < 1.29 is 4.74 Å². The Balaban J connectivity index is 1.88. The van der Waals surface area contributed by atoms with E-state index in [9.17, 15) is 0 Å². The topological polar surface area (TPSA) is 51.4 Å². The Kier molecular flexibility index (Phi) is 3.09. The van der Waals surface area contributed by atoms with E-state index in [1.54, 1.807) is 11.3 Å². The molecule has 2 aromatic rings. The molecule has 0 radical (unpaired) electrons. The van der Waals surface area contributed by atoms with Gasteiger partial charge in [0.15, 0.2) is 5.13 Å². The summed E-state index contributed by atoms with van der Waals surface area (Å²) in [7, 11) is 2.12. The van der Waals surface area contributed by atoms with Crippen LogP contribution in [0.4, 0.5) is 10.8 Å². The molecular weight excluding hydrogens is 246 g/mol. The number of ether oxygens (including phenoxy) is 1. The van der Waals surface area contributed by atoms with Gasteiger partial charge in [0, 0.05) is 32.0 Å². The molecule has 0 aliphatic carbocycles. The van der Waals surface area contributed by atoms with Gasteiger partial charge in [-0.15, -0.1) is 0 Å². The van der Waals surface area contributed by atoms with E-state index in [2.05, 4.69) is 16.9 Å². The molecule has 0 saturated carbocycles. The van der Waals surface area contributed by atoms with Crippen molar-refractivity contribution in [2.24, 2.45) is 0 Å². The molecule has 5 heteroatoms. The second-order valence-corrected chi connectivity index (χ2v) is 5.69. The Bertz CT molecular complexity index is 548. The molecule has 2 heterocycles. The van der Waals surface area contributed by atoms with Gasteiger partial charge in [-0.05, 0) is 31.0 Å². The SMILES string of the molecule is CN(c1nc2ccc(N)cc2s1)C1CCOCC1.